The van der Waals surface area contributed by atoms with E-state index in [2.05, 4.69) is 120 Å². The molecule has 7 nitrogen and oxygen atoms in total. The summed E-state index contributed by atoms with van der Waals surface area (Å²) in [6.07, 6.45) is 6.00. The lowest BCUT2D eigenvalue weighted by Crippen LogP contribution is -2.40. The van der Waals surface area contributed by atoms with Crippen molar-refractivity contribution in [1.29, 1.82) is 0 Å². The summed E-state index contributed by atoms with van der Waals surface area (Å²) in [5.41, 5.74) is 6.83. The van der Waals surface area contributed by atoms with Crippen LogP contribution >= 0.6 is 0 Å². The highest BCUT2D eigenvalue weighted by Crippen LogP contribution is 2.11. The second-order valence-corrected chi connectivity index (χ2v) is 12.1. The van der Waals surface area contributed by atoms with Crippen LogP contribution in [0.4, 0.5) is 0 Å². The second kappa shape index (κ2) is 20.5. The quantitative estimate of drug-likeness (QED) is 0.0848. The molecule has 0 radical (unpaired) electrons. The summed E-state index contributed by atoms with van der Waals surface area (Å²) >= 11 is 0. The van der Waals surface area contributed by atoms with E-state index in [0.717, 1.165) is 96.5 Å². The van der Waals surface area contributed by atoms with Gasteiger partial charge in [-0.15, -0.1) is 0 Å². The average Bonchev–Trinajstić information content (AvgIpc) is 3.37. The molecule has 0 aliphatic carbocycles. The van der Waals surface area contributed by atoms with Crippen LogP contribution in [0, 0.1) is 5.92 Å². The monoisotopic (exact) mass is 625 g/mol. The maximum absolute atomic E-state index is 4.35. The summed E-state index contributed by atoms with van der Waals surface area (Å²) in [6, 6.07) is 14.4. The Morgan fingerprint density at radius 3 is 1.98 bits per heavy atom. The Bertz CT molecular complexity index is 1370. The lowest BCUT2D eigenvalue weighted by molar-refractivity contribution is 0.549. The number of hydrogen-bond donors (Lipinski definition) is 6. The smallest absolute Gasteiger partial charge is 0.0691 e. The van der Waals surface area contributed by atoms with Crippen LogP contribution in [0.25, 0.3) is 13.2 Å². The number of nitrogens with zero attached hydrogens (tertiary/aromatic N) is 1. The molecule has 0 saturated heterocycles. The molecule has 0 fully saturated rings. The van der Waals surface area contributed by atoms with Gasteiger partial charge in [0, 0.05) is 65.0 Å². The van der Waals surface area contributed by atoms with E-state index in [9.17, 15) is 0 Å². The minimum Gasteiger partial charge on any atom is -0.392 e. The Labute approximate surface area is 278 Å². The first-order valence-electron chi connectivity index (χ1n) is 16.4. The summed E-state index contributed by atoms with van der Waals surface area (Å²) < 4.78 is 2.17. The predicted octanol–water partition coefficient (Wildman–Crippen LogP) is 4.76. The SMILES string of the molecule is C=C(CCCCCn1c(=C)ccc1=C)NCC(=C)NCC(=C)NC(Cc1ccccc1)C(=C)NCC(=C)NCCC(C)C(=C)NC. The van der Waals surface area contributed by atoms with E-state index in [1.807, 2.05) is 25.2 Å². The summed E-state index contributed by atoms with van der Waals surface area (Å²) in [6.45, 7) is 39.1. The summed E-state index contributed by atoms with van der Waals surface area (Å²) in [5, 5.41) is 22.4. The molecule has 2 rings (SSSR count). The minimum absolute atomic E-state index is 0.0486. The molecule has 2 aromatic rings. The van der Waals surface area contributed by atoms with Gasteiger partial charge in [-0.05, 0) is 55.7 Å². The molecule has 1 aromatic heterocycles. The normalized spacial score (nSPS) is 11.9. The van der Waals surface area contributed by atoms with Crippen molar-refractivity contribution in [1.82, 2.24) is 36.5 Å². The largest absolute Gasteiger partial charge is 0.392 e. The van der Waals surface area contributed by atoms with E-state index >= 15 is 0 Å². The van der Waals surface area contributed by atoms with E-state index in [0.29, 0.717) is 25.6 Å². The highest BCUT2D eigenvalue weighted by molar-refractivity contribution is 5.21. The van der Waals surface area contributed by atoms with Crippen molar-refractivity contribution in [2.75, 3.05) is 33.2 Å². The van der Waals surface area contributed by atoms with Gasteiger partial charge in [0.25, 0.3) is 0 Å². The van der Waals surface area contributed by atoms with Crippen molar-refractivity contribution in [3.8, 4) is 0 Å². The third-order valence-electron chi connectivity index (χ3n) is 8.10. The van der Waals surface area contributed by atoms with Gasteiger partial charge < -0.3 is 36.5 Å². The summed E-state index contributed by atoms with van der Waals surface area (Å²) in [5.74, 6) is 0.388. The summed E-state index contributed by atoms with van der Waals surface area (Å²) in [7, 11) is 1.91. The van der Waals surface area contributed by atoms with Crippen LogP contribution in [0.1, 0.15) is 44.6 Å². The van der Waals surface area contributed by atoms with Gasteiger partial charge >= 0.3 is 0 Å². The average molecular weight is 626 g/mol. The van der Waals surface area contributed by atoms with E-state index < -0.39 is 0 Å². The molecule has 0 aliphatic heterocycles. The van der Waals surface area contributed by atoms with Crippen LogP contribution in [-0.2, 0) is 13.0 Å². The number of hydrogen-bond acceptors (Lipinski definition) is 6. The van der Waals surface area contributed by atoms with Gasteiger partial charge in [-0.3, -0.25) is 0 Å². The molecule has 0 aliphatic rings. The van der Waals surface area contributed by atoms with Crippen molar-refractivity contribution in [3.05, 3.63) is 132 Å². The number of benzene rings is 1. The highest BCUT2D eigenvalue weighted by atomic mass is 15.1. The zero-order valence-electron chi connectivity index (χ0n) is 28.6. The number of rotatable bonds is 26. The third-order valence-corrected chi connectivity index (χ3v) is 8.10. The molecule has 1 heterocycles. The molecule has 2 unspecified atom stereocenters. The first-order chi connectivity index (χ1) is 22.0. The molecule has 0 amide bonds. The fourth-order valence-corrected chi connectivity index (χ4v) is 4.94. The molecule has 250 valence electrons. The lowest BCUT2D eigenvalue weighted by atomic mass is 10.0. The fraction of sp³-hybridized carbons (Fsp3) is 0.385. The van der Waals surface area contributed by atoms with Crippen molar-refractivity contribution in [3.63, 3.8) is 0 Å². The molecule has 46 heavy (non-hydrogen) atoms. The number of aromatic nitrogens is 1. The van der Waals surface area contributed by atoms with Gasteiger partial charge in [0.2, 0.25) is 0 Å². The fourth-order valence-electron chi connectivity index (χ4n) is 4.94. The second-order valence-electron chi connectivity index (χ2n) is 12.1. The Kier molecular flexibility index (Phi) is 16.8. The number of unbranched alkanes of at least 4 members (excludes halogenated alkanes) is 2. The highest BCUT2D eigenvalue weighted by Gasteiger charge is 2.15. The van der Waals surface area contributed by atoms with Crippen LogP contribution < -0.4 is 42.6 Å². The molecule has 0 saturated carbocycles. The molecule has 1 aromatic carbocycles. The number of nitrogens with one attached hydrogen (secondary N) is 6. The zero-order chi connectivity index (χ0) is 33.9. The Morgan fingerprint density at radius 2 is 1.30 bits per heavy atom. The number of allylic oxidation sites excluding steroid dienone is 2. The standard InChI is InChI=1S/C39H59N7/c1-29(36(8)40-10)22-23-41-31(3)27-44-37(9)39(25-38-18-14-11-15-19-38)45-33(5)28-43-32(4)26-42-30(2)17-13-12-16-24-46-34(6)20-21-35(46)7/h11,14-15,18-21,29,39-45H,2-9,12-13,16-17,22-28H2,1,10H3. The van der Waals surface area contributed by atoms with Gasteiger partial charge in [0.15, 0.2) is 0 Å². The maximum Gasteiger partial charge on any atom is 0.0691 e. The maximum atomic E-state index is 4.35. The van der Waals surface area contributed by atoms with Crippen molar-refractivity contribution in [2.24, 2.45) is 5.92 Å². The van der Waals surface area contributed by atoms with Gasteiger partial charge in [-0.25, -0.2) is 0 Å². The molecule has 0 bridgehead atoms. The molecular weight excluding hydrogens is 566 g/mol. The first-order valence-corrected chi connectivity index (χ1v) is 16.4. The van der Waals surface area contributed by atoms with E-state index in [1.165, 1.54) is 5.56 Å². The lowest BCUT2D eigenvalue weighted by Gasteiger charge is -2.26. The molecule has 0 spiro atoms. The van der Waals surface area contributed by atoms with Crippen LogP contribution in [0.2, 0.25) is 0 Å². The Morgan fingerprint density at radius 1 is 0.696 bits per heavy atom. The minimum atomic E-state index is -0.0486. The molecule has 7 heteroatoms. The van der Waals surface area contributed by atoms with Crippen molar-refractivity contribution < 1.29 is 0 Å². The predicted molar refractivity (Wildman–Crippen MR) is 200 cm³/mol. The van der Waals surface area contributed by atoms with Crippen LogP contribution in [0.3, 0.4) is 0 Å². The molecular formula is C39H59N7. The van der Waals surface area contributed by atoms with Crippen LogP contribution in [-0.4, -0.2) is 43.8 Å². The van der Waals surface area contributed by atoms with E-state index in [4.69, 9.17) is 0 Å². The molecule has 2 atom stereocenters. The Hall–Kier alpha value is -4.52. The van der Waals surface area contributed by atoms with Gasteiger partial charge in [-0.1, -0.05) is 96.3 Å². The first kappa shape index (κ1) is 37.7. The topological polar surface area (TPSA) is 77.1 Å². The van der Waals surface area contributed by atoms with E-state index in [1.54, 1.807) is 0 Å². The Balaban J connectivity index is 1.72. The zero-order valence-corrected chi connectivity index (χ0v) is 28.6. The van der Waals surface area contributed by atoms with Crippen molar-refractivity contribution >= 4 is 13.2 Å². The van der Waals surface area contributed by atoms with Gasteiger partial charge in [0.05, 0.1) is 25.7 Å². The van der Waals surface area contributed by atoms with Crippen molar-refractivity contribution in [2.45, 2.75) is 58.0 Å². The summed E-state index contributed by atoms with van der Waals surface area (Å²) in [4.78, 5) is 0. The van der Waals surface area contributed by atoms with Gasteiger partial charge in [-0.2, -0.15) is 0 Å². The van der Waals surface area contributed by atoms with E-state index in [-0.39, 0.29) is 6.04 Å². The van der Waals surface area contributed by atoms with Crippen LogP contribution in [0.5, 0.6) is 0 Å². The van der Waals surface area contributed by atoms with Gasteiger partial charge in [0.1, 0.15) is 0 Å². The third kappa shape index (κ3) is 14.5. The molecule has 6 N–H and O–H groups in total. The van der Waals surface area contributed by atoms with Crippen LogP contribution in [0.15, 0.2) is 116 Å².